The minimum Gasteiger partial charge on any atom is -0.481 e. The van der Waals surface area contributed by atoms with Gasteiger partial charge < -0.3 is 9.26 Å². The fourth-order valence-corrected chi connectivity index (χ4v) is 2.48. The summed E-state index contributed by atoms with van der Waals surface area (Å²) in [5.74, 6) is 1.57. The standard InChI is InChI=1S/C14H10N4O2S/c1-19-13-5-2-9(8-16-13)6-12-17-14(20-18-12)11-4-3-10(7-15)21-11/h2-5,8H,6H2,1H3. The third-order valence-electron chi connectivity index (χ3n) is 2.76. The number of methoxy groups -OCH3 is 1. The first-order valence-corrected chi connectivity index (χ1v) is 6.92. The molecule has 3 heterocycles. The van der Waals surface area contributed by atoms with E-state index in [1.54, 1.807) is 31.5 Å². The average Bonchev–Trinajstić information content (AvgIpc) is 3.16. The molecule has 0 aliphatic heterocycles. The summed E-state index contributed by atoms with van der Waals surface area (Å²) in [6.45, 7) is 0. The van der Waals surface area contributed by atoms with Gasteiger partial charge in [-0.2, -0.15) is 10.2 Å². The number of rotatable bonds is 4. The molecule has 7 heteroatoms. The zero-order valence-corrected chi connectivity index (χ0v) is 11.9. The quantitative estimate of drug-likeness (QED) is 0.736. The van der Waals surface area contributed by atoms with Crippen LogP contribution in [0.15, 0.2) is 35.0 Å². The molecule has 0 spiro atoms. The Morgan fingerprint density at radius 1 is 1.33 bits per heavy atom. The van der Waals surface area contributed by atoms with E-state index in [0.29, 0.717) is 28.9 Å². The van der Waals surface area contributed by atoms with Crippen LogP contribution in [0.25, 0.3) is 10.8 Å². The molecule has 21 heavy (non-hydrogen) atoms. The zero-order valence-electron chi connectivity index (χ0n) is 11.1. The maximum Gasteiger partial charge on any atom is 0.268 e. The molecule has 0 saturated heterocycles. The van der Waals surface area contributed by atoms with Crippen LogP contribution in [0.4, 0.5) is 0 Å². The van der Waals surface area contributed by atoms with Crippen LogP contribution < -0.4 is 4.74 Å². The Bertz CT molecular complexity index is 786. The highest BCUT2D eigenvalue weighted by Gasteiger charge is 2.12. The molecule has 0 N–H and O–H groups in total. The molecule has 0 bridgehead atoms. The maximum atomic E-state index is 8.82. The van der Waals surface area contributed by atoms with E-state index in [9.17, 15) is 0 Å². The first-order chi connectivity index (χ1) is 10.3. The van der Waals surface area contributed by atoms with Crippen molar-refractivity contribution in [3.05, 3.63) is 46.7 Å². The number of hydrogen-bond donors (Lipinski definition) is 0. The number of hydrogen-bond acceptors (Lipinski definition) is 7. The fraction of sp³-hybridized carbons (Fsp3) is 0.143. The van der Waals surface area contributed by atoms with Gasteiger partial charge in [-0.3, -0.25) is 0 Å². The second kappa shape index (κ2) is 5.73. The van der Waals surface area contributed by atoms with Crippen LogP contribution in [0.1, 0.15) is 16.3 Å². The van der Waals surface area contributed by atoms with E-state index in [0.717, 1.165) is 10.4 Å². The largest absolute Gasteiger partial charge is 0.481 e. The number of pyridine rings is 1. The first kappa shape index (κ1) is 13.3. The molecular weight excluding hydrogens is 288 g/mol. The number of nitriles is 1. The minimum atomic E-state index is 0.429. The third-order valence-corrected chi connectivity index (χ3v) is 3.74. The zero-order chi connectivity index (χ0) is 14.7. The maximum absolute atomic E-state index is 8.82. The highest BCUT2D eigenvalue weighted by Crippen LogP contribution is 2.26. The van der Waals surface area contributed by atoms with Gasteiger partial charge in [-0.15, -0.1) is 11.3 Å². The van der Waals surface area contributed by atoms with E-state index in [1.807, 2.05) is 6.07 Å². The van der Waals surface area contributed by atoms with Crippen molar-refractivity contribution >= 4 is 11.3 Å². The summed E-state index contributed by atoms with van der Waals surface area (Å²) in [5.41, 5.74) is 0.965. The van der Waals surface area contributed by atoms with Crippen LogP contribution in [-0.2, 0) is 6.42 Å². The molecular formula is C14H10N4O2S. The van der Waals surface area contributed by atoms with E-state index >= 15 is 0 Å². The summed E-state index contributed by atoms with van der Waals surface area (Å²) in [5, 5.41) is 12.8. The van der Waals surface area contributed by atoms with E-state index in [1.165, 1.54) is 11.3 Å². The molecule has 0 unspecified atom stereocenters. The van der Waals surface area contributed by atoms with Crippen LogP contribution in [0.3, 0.4) is 0 Å². The van der Waals surface area contributed by atoms with Crippen LogP contribution in [0.5, 0.6) is 5.88 Å². The highest BCUT2D eigenvalue weighted by atomic mass is 32.1. The number of aromatic nitrogens is 3. The van der Waals surface area contributed by atoms with Gasteiger partial charge in [0.1, 0.15) is 10.9 Å². The lowest BCUT2D eigenvalue weighted by Crippen LogP contribution is -1.93. The van der Waals surface area contributed by atoms with E-state index < -0.39 is 0 Å². The normalized spacial score (nSPS) is 10.3. The van der Waals surface area contributed by atoms with Crippen molar-refractivity contribution in [1.82, 2.24) is 15.1 Å². The Labute approximate surface area is 124 Å². The van der Waals surface area contributed by atoms with Gasteiger partial charge in [-0.05, 0) is 17.7 Å². The lowest BCUT2D eigenvalue weighted by molar-refractivity contribution is 0.397. The summed E-state index contributed by atoms with van der Waals surface area (Å²) in [6.07, 6.45) is 2.24. The SMILES string of the molecule is COc1ccc(Cc2noc(-c3ccc(C#N)s3)n2)cn1. The van der Waals surface area contributed by atoms with Crippen LogP contribution in [0, 0.1) is 11.3 Å². The molecule has 3 aromatic heterocycles. The van der Waals surface area contributed by atoms with Crippen LogP contribution in [0.2, 0.25) is 0 Å². The summed E-state index contributed by atoms with van der Waals surface area (Å²) in [6, 6.07) is 9.31. The smallest absolute Gasteiger partial charge is 0.268 e. The molecule has 3 aromatic rings. The van der Waals surface area contributed by atoms with Crippen molar-refractivity contribution in [2.75, 3.05) is 7.11 Å². The Kier molecular flexibility index (Phi) is 3.62. The van der Waals surface area contributed by atoms with Crippen LogP contribution >= 0.6 is 11.3 Å². The van der Waals surface area contributed by atoms with Crippen molar-refractivity contribution < 1.29 is 9.26 Å². The molecule has 0 amide bonds. The van der Waals surface area contributed by atoms with Gasteiger partial charge in [0.2, 0.25) is 5.88 Å². The highest BCUT2D eigenvalue weighted by molar-refractivity contribution is 7.15. The Balaban J connectivity index is 1.76. The summed E-state index contributed by atoms with van der Waals surface area (Å²) in [4.78, 5) is 9.87. The number of nitrogens with zero attached hydrogens (tertiary/aromatic N) is 4. The van der Waals surface area contributed by atoms with Gasteiger partial charge >= 0.3 is 0 Å². The second-order valence-electron chi connectivity index (χ2n) is 4.18. The minimum absolute atomic E-state index is 0.429. The van der Waals surface area contributed by atoms with Crippen molar-refractivity contribution in [2.45, 2.75) is 6.42 Å². The molecule has 0 aliphatic rings. The predicted octanol–water partition coefficient (Wildman–Crippen LogP) is 2.66. The topological polar surface area (TPSA) is 84.8 Å². The molecule has 0 fully saturated rings. The Morgan fingerprint density at radius 2 is 2.24 bits per heavy atom. The Morgan fingerprint density at radius 3 is 2.90 bits per heavy atom. The molecule has 0 radical (unpaired) electrons. The fourth-order valence-electron chi connectivity index (χ4n) is 1.76. The molecule has 104 valence electrons. The second-order valence-corrected chi connectivity index (χ2v) is 5.26. The average molecular weight is 298 g/mol. The van der Waals surface area contributed by atoms with Gasteiger partial charge in [-0.25, -0.2) is 4.98 Å². The van der Waals surface area contributed by atoms with E-state index in [-0.39, 0.29) is 0 Å². The number of ether oxygens (including phenoxy) is 1. The van der Waals surface area contributed by atoms with Crippen molar-refractivity contribution in [2.24, 2.45) is 0 Å². The van der Waals surface area contributed by atoms with Gasteiger partial charge in [0.05, 0.1) is 12.0 Å². The molecule has 6 nitrogen and oxygen atoms in total. The summed E-state index contributed by atoms with van der Waals surface area (Å²) in [7, 11) is 1.57. The van der Waals surface area contributed by atoms with Gasteiger partial charge in [-0.1, -0.05) is 11.2 Å². The molecule has 3 rings (SSSR count). The number of thiophene rings is 1. The molecule has 0 saturated carbocycles. The molecule has 0 aliphatic carbocycles. The monoisotopic (exact) mass is 298 g/mol. The van der Waals surface area contributed by atoms with E-state index in [4.69, 9.17) is 14.5 Å². The van der Waals surface area contributed by atoms with Crippen molar-refractivity contribution in [1.29, 1.82) is 5.26 Å². The van der Waals surface area contributed by atoms with Gasteiger partial charge in [0, 0.05) is 18.7 Å². The van der Waals surface area contributed by atoms with E-state index in [2.05, 4.69) is 21.2 Å². The predicted molar refractivity (Wildman–Crippen MR) is 75.9 cm³/mol. The summed E-state index contributed by atoms with van der Waals surface area (Å²) < 4.78 is 10.2. The molecule has 0 atom stereocenters. The molecule has 0 aromatic carbocycles. The first-order valence-electron chi connectivity index (χ1n) is 6.10. The lowest BCUT2D eigenvalue weighted by atomic mass is 10.2. The van der Waals surface area contributed by atoms with Gasteiger partial charge in [0.15, 0.2) is 5.82 Å². The van der Waals surface area contributed by atoms with Gasteiger partial charge in [0.25, 0.3) is 5.89 Å². The lowest BCUT2D eigenvalue weighted by Gasteiger charge is -1.99. The Hall–Kier alpha value is -2.72. The van der Waals surface area contributed by atoms with Crippen molar-refractivity contribution in [3.8, 4) is 22.7 Å². The summed E-state index contributed by atoms with van der Waals surface area (Å²) >= 11 is 1.32. The van der Waals surface area contributed by atoms with Crippen molar-refractivity contribution in [3.63, 3.8) is 0 Å². The third kappa shape index (κ3) is 2.90. The van der Waals surface area contributed by atoms with Crippen LogP contribution in [-0.4, -0.2) is 22.2 Å².